The Hall–Kier alpha value is -7.02. The van der Waals surface area contributed by atoms with Crippen molar-refractivity contribution < 1.29 is 0 Å². The van der Waals surface area contributed by atoms with Gasteiger partial charge in [0, 0.05) is 0 Å². The molecule has 0 saturated heterocycles. The zero-order chi connectivity index (χ0) is 35.6. The smallest absolute Gasteiger partial charge is 0.00204 e. The van der Waals surface area contributed by atoms with Crippen molar-refractivity contribution in [1.29, 1.82) is 0 Å². The summed E-state index contributed by atoms with van der Waals surface area (Å²) in [6.07, 6.45) is 0. The number of rotatable bonds is 4. The van der Waals surface area contributed by atoms with Gasteiger partial charge in [-0.3, -0.25) is 0 Å². The average Bonchev–Trinajstić information content (AvgIpc) is 3.24. The molecule has 0 radical (unpaired) electrons. The molecular formula is C54H34. The first kappa shape index (κ1) is 30.6. The van der Waals surface area contributed by atoms with Gasteiger partial charge in [-0.15, -0.1) is 0 Å². The molecule has 0 aromatic heterocycles. The molecule has 0 unspecified atom stereocenters. The first-order valence-electron chi connectivity index (χ1n) is 18.8. The molecule has 0 atom stereocenters. The van der Waals surface area contributed by atoms with Crippen LogP contribution in [-0.4, -0.2) is 0 Å². The van der Waals surface area contributed by atoms with Gasteiger partial charge in [0.05, 0.1) is 0 Å². The monoisotopic (exact) mass is 682 g/mol. The van der Waals surface area contributed by atoms with Gasteiger partial charge in [0.2, 0.25) is 0 Å². The summed E-state index contributed by atoms with van der Waals surface area (Å²) >= 11 is 0. The minimum absolute atomic E-state index is 1.21. The summed E-state index contributed by atoms with van der Waals surface area (Å²) in [7, 11) is 0. The van der Waals surface area contributed by atoms with Crippen molar-refractivity contribution in [3.05, 3.63) is 206 Å². The van der Waals surface area contributed by atoms with Crippen LogP contribution in [0.15, 0.2) is 206 Å². The second-order valence-corrected chi connectivity index (χ2v) is 14.4. The van der Waals surface area contributed by atoms with Crippen LogP contribution in [-0.2, 0) is 0 Å². The summed E-state index contributed by atoms with van der Waals surface area (Å²) < 4.78 is 0. The summed E-state index contributed by atoms with van der Waals surface area (Å²) in [5, 5.41) is 15.2. The summed E-state index contributed by atoms with van der Waals surface area (Å²) in [6, 6.07) is 76.2. The molecule has 0 aliphatic carbocycles. The van der Waals surface area contributed by atoms with Crippen LogP contribution in [0.25, 0.3) is 109 Å². The second-order valence-electron chi connectivity index (χ2n) is 14.4. The fourth-order valence-corrected chi connectivity index (χ4v) is 9.00. The second kappa shape index (κ2) is 12.3. The lowest BCUT2D eigenvalue weighted by Gasteiger charge is -2.20. The third kappa shape index (κ3) is 4.78. The molecule has 54 heavy (non-hydrogen) atoms. The fraction of sp³-hybridized carbons (Fsp3) is 0. The number of hydrogen-bond donors (Lipinski definition) is 0. The molecule has 0 amide bonds. The van der Waals surface area contributed by atoms with Gasteiger partial charge in [0.1, 0.15) is 0 Å². The molecule has 11 rings (SSSR count). The third-order valence-electron chi connectivity index (χ3n) is 11.4. The van der Waals surface area contributed by atoms with E-state index in [-0.39, 0.29) is 0 Å². The van der Waals surface area contributed by atoms with E-state index in [0.29, 0.717) is 0 Å². The van der Waals surface area contributed by atoms with Gasteiger partial charge in [0.15, 0.2) is 0 Å². The third-order valence-corrected chi connectivity index (χ3v) is 11.4. The van der Waals surface area contributed by atoms with Gasteiger partial charge in [-0.1, -0.05) is 194 Å². The molecule has 0 nitrogen and oxygen atoms in total. The van der Waals surface area contributed by atoms with Crippen LogP contribution >= 0.6 is 0 Å². The molecule has 11 aromatic rings. The summed E-state index contributed by atoms with van der Waals surface area (Å²) in [6.45, 7) is 0. The number of benzene rings is 11. The van der Waals surface area contributed by atoms with Crippen LogP contribution in [0.1, 0.15) is 0 Å². The van der Waals surface area contributed by atoms with Crippen LogP contribution in [0.5, 0.6) is 0 Å². The summed E-state index contributed by atoms with van der Waals surface area (Å²) in [5.41, 5.74) is 9.98. The van der Waals surface area contributed by atoms with Crippen molar-refractivity contribution in [1.82, 2.24) is 0 Å². The highest BCUT2D eigenvalue weighted by Gasteiger charge is 2.19. The maximum Gasteiger partial charge on any atom is -0.00204 e. The Labute approximate surface area is 314 Å². The predicted molar refractivity (Wildman–Crippen MR) is 233 cm³/mol. The molecule has 0 heterocycles. The molecule has 0 fully saturated rings. The fourth-order valence-electron chi connectivity index (χ4n) is 9.00. The maximum absolute atomic E-state index is 2.42. The van der Waals surface area contributed by atoms with Crippen molar-refractivity contribution in [2.45, 2.75) is 0 Å². The minimum Gasteiger partial charge on any atom is -0.0616 e. The van der Waals surface area contributed by atoms with E-state index in [2.05, 4.69) is 206 Å². The molecular weight excluding hydrogens is 649 g/mol. The van der Waals surface area contributed by atoms with Crippen molar-refractivity contribution >= 4 is 64.6 Å². The normalized spacial score (nSPS) is 11.7. The van der Waals surface area contributed by atoms with Crippen LogP contribution in [0.2, 0.25) is 0 Å². The quantitative estimate of drug-likeness (QED) is 0.128. The molecule has 0 bridgehead atoms. The Kier molecular flexibility index (Phi) is 6.97. The van der Waals surface area contributed by atoms with Gasteiger partial charge in [0.25, 0.3) is 0 Å². The SMILES string of the molecule is c1cc(-c2ccc3c(ccc4ccccc43)c2-c2cccc3ccccc23)cc(-c2c3ccccc3c(-c3ccc4ccccc4c3)c3ccccc23)c1. The lowest BCUT2D eigenvalue weighted by atomic mass is 9.83. The number of fused-ring (bicyclic) bond motifs is 7. The van der Waals surface area contributed by atoms with E-state index in [9.17, 15) is 0 Å². The molecule has 0 heteroatoms. The molecule has 250 valence electrons. The van der Waals surface area contributed by atoms with Crippen LogP contribution in [0.3, 0.4) is 0 Å². The topological polar surface area (TPSA) is 0 Å². The predicted octanol–water partition coefficient (Wildman–Crippen LogP) is 15.3. The van der Waals surface area contributed by atoms with Crippen LogP contribution < -0.4 is 0 Å². The molecule has 11 aromatic carbocycles. The highest BCUT2D eigenvalue weighted by molar-refractivity contribution is 6.22. The molecule has 0 aliphatic rings. The summed E-state index contributed by atoms with van der Waals surface area (Å²) in [4.78, 5) is 0. The van der Waals surface area contributed by atoms with E-state index in [1.165, 1.54) is 109 Å². The molecule has 0 spiro atoms. The first-order chi connectivity index (χ1) is 26.8. The van der Waals surface area contributed by atoms with Gasteiger partial charge < -0.3 is 0 Å². The Morgan fingerprint density at radius 1 is 0.185 bits per heavy atom. The largest absolute Gasteiger partial charge is 0.0616 e. The molecule has 0 saturated carbocycles. The standard InChI is InChI=1S/C54H34/c1-2-16-38-33-41(28-27-35(38)13-1)53-49-24-9-7-22-47(49)52(48-23-8-10-25-50(48)53)40-19-11-18-39(34-40)44-31-32-45-42-20-5-4-15-37(42)29-30-51(45)54(44)46-26-12-17-36-14-3-6-21-43(36)46/h1-34H. The van der Waals surface area contributed by atoms with E-state index in [1.54, 1.807) is 0 Å². The minimum atomic E-state index is 1.21. The van der Waals surface area contributed by atoms with E-state index in [1.807, 2.05) is 0 Å². The van der Waals surface area contributed by atoms with Gasteiger partial charge >= 0.3 is 0 Å². The number of hydrogen-bond acceptors (Lipinski definition) is 0. The van der Waals surface area contributed by atoms with Crippen molar-refractivity contribution in [2.24, 2.45) is 0 Å². The Bertz CT molecular complexity index is 3210. The van der Waals surface area contributed by atoms with Crippen molar-refractivity contribution in [3.63, 3.8) is 0 Å². The van der Waals surface area contributed by atoms with E-state index in [0.717, 1.165) is 0 Å². The Morgan fingerprint density at radius 2 is 0.648 bits per heavy atom. The zero-order valence-electron chi connectivity index (χ0n) is 29.6. The van der Waals surface area contributed by atoms with E-state index >= 15 is 0 Å². The lowest BCUT2D eigenvalue weighted by Crippen LogP contribution is -1.93. The van der Waals surface area contributed by atoms with Gasteiger partial charge in [-0.2, -0.15) is 0 Å². The van der Waals surface area contributed by atoms with Crippen LogP contribution in [0, 0.1) is 0 Å². The van der Waals surface area contributed by atoms with E-state index in [4.69, 9.17) is 0 Å². The Balaban J connectivity index is 1.18. The zero-order valence-corrected chi connectivity index (χ0v) is 29.6. The van der Waals surface area contributed by atoms with Gasteiger partial charge in [-0.05, 0) is 121 Å². The van der Waals surface area contributed by atoms with Crippen LogP contribution in [0.4, 0.5) is 0 Å². The Morgan fingerprint density at radius 3 is 1.35 bits per heavy atom. The average molecular weight is 683 g/mol. The highest BCUT2D eigenvalue weighted by Crippen LogP contribution is 2.47. The summed E-state index contributed by atoms with van der Waals surface area (Å²) in [5.74, 6) is 0. The van der Waals surface area contributed by atoms with Gasteiger partial charge in [-0.25, -0.2) is 0 Å². The molecule has 0 N–H and O–H groups in total. The van der Waals surface area contributed by atoms with Crippen molar-refractivity contribution in [3.8, 4) is 44.5 Å². The first-order valence-corrected chi connectivity index (χ1v) is 18.8. The van der Waals surface area contributed by atoms with E-state index < -0.39 is 0 Å². The lowest BCUT2D eigenvalue weighted by molar-refractivity contribution is 1.62. The van der Waals surface area contributed by atoms with Crippen molar-refractivity contribution in [2.75, 3.05) is 0 Å². The molecule has 0 aliphatic heterocycles. The maximum atomic E-state index is 2.42. The highest BCUT2D eigenvalue weighted by atomic mass is 14.2.